The fourth-order valence-corrected chi connectivity index (χ4v) is 4.25. The number of pyridine rings is 1. The fourth-order valence-electron chi connectivity index (χ4n) is 3.11. The van der Waals surface area contributed by atoms with Gasteiger partial charge in [0.15, 0.2) is 5.82 Å². The SMILES string of the molecule is CN(c1ccccc1)S(=O)(=O)c1ccc(-n2[nH]cc(Cc3ccccc3)c2=O)nc1. The Balaban J connectivity index is 1.59. The van der Waals surface area contributed by atoms with Gasteiger partial charge in [-0.05, 0) is 29.8 Å². The first-order chi connectivity index (χ1) is 14.5. The molecule has 2 aromatic heterocycles. The van der Waals surface area contributed by atoms with Gasteiger partial charge in [0, 0.05) is 31.4 Å². The highest BCUT2D eigenvalue weighted by Crippen LogP contribution is 2.21. The molecule has 0 aliphatic carbocycles. The number of anilines is 1. The number of nitrogens with one attached hydrogen (secondary N) is 1. The number of hydrogen-bond donors (Lipinski definition) is 1. The van der Waals surface area contributed by atoms with E-state index in [9.17, 15) is 13.2 Å². The summed E-state index contributed by atoms with van der Waals surface area (Å²) in [6, 6.07) is 21.4. The number of aromatic amines is 1. The molecule has 2 heterocycles. The topological polar surface area (TPSA) is 88.1 Å². The summed E-state index contributed by atoms with van der Waals surface area (Å²) in [6.45, 7) is 0. The molecule has 0 amide bonds. The summed E-state index contributed by atoms with van der Waals surface area (Å²) >= 11 is 0. The van der Waals surface area contributed by atoms with E-state index in [0.29, 0.717) is 23.5 Å². The Morgan fingerprint density at radius 2 is 1.63 bits per heavy atom. The number of rotatable bonds is 6. The van der Waals surface area contributed by atoms with E-state index in [4.69, 9.17) is 0 Å². The summed E-state index contributed by atoms with van der Waals surface area (Å²) in [4.78, 5) is 17.0. The second-order valence-electron chi connectivity index (χ2n) is 6.76. The quantitative estimate of drug-likeness (QED) is 0.519. The average Bonchev–Trinajstić information content (AvgIpc) is 3.14. The maximum atomic E-state index is 12.9. The predicted octanol–water partition coefficient (Wildman–Crippen LogP) is 2.98. The molecule has 0 aliphatic heterocycles. The maximum Gasteiger partial charge on any atom is 0.276 e. The van der Waals surface area contributed by atoms with Crippen LogP contribution in [0.25, 0.3) is 5.82 Å². The van der Waals surface area contributed by atoms with Crippen LogP contribution in [0.5, 0.6) is 0 Å². The molecule has 0 saturated carbocycles. The zero-order valence-electron chi connectivity index (χ0n) is 16.3. The molecule has 0 unspecified atom stereocenters. The van der Waals surface area contributed by atoms with Crippen LogP contribution in [0.2, 0.25) is 0 Å². The van der Waals surface area contributed by atoms with Crippen molar-refractivity contribution in [3.63, 3.8) is 0 Å². The molecule has 8 heteroatoms. The number of sulfonamides is 1. The van der Waals surface area contributed by atoms with E-state index in [1.165, 1.54) is 34.4 Å². The second kappa shape index (κ2) is 8.00. The largest absolute Gasteiger partial charge is 0.296 e. The molecule has 0 saturated heterocycles. The Morgan fingerprint density at radius 1 is 0.967 bits per heavy atom. The summed E-state index contributed by atoms with van der Waals surface area (Å²) in [5.41, 5.74) is 1.96. The Hall–Kier alpha value is -3.65. The number of aromatic nitrogens is 3. The summed E-state index contributed by atoms with van der Waals surface area (Å²) < 4.78 is 28.2. The van der Waals surface area contributed by atoms with Crippen LogP contribution < -0.4 is 9.86 Å². The molecule has 0 fully saturated rings. The van der Waals surface area contributed by atoms with Crippen LogP contribution in [0.3, 0.4) is 0 Å². The van der Waals surface area contributed by atoms with E-state index in [1.807, 2.05) is 36.4 Å². The highest BCUT2D eigenvalue weighted by molar-refractivity contribution is 7.92. The van der Waals surface area contributed by atoms with Crippen LogP contribution in [0.1, 0.15) is 11.1 Å². The van der Waals surface area contributed by atoms with Crippen LogP contribution in [-0.2, 0) is 16.4 Å². The van der Waals surface area contributed by atoms with Crippen LogP contribution in [0.15, 0.2) is 94.9 Å². The molecule has 4 aromatic rings. The first kappa shape index (κ1) is 19.7. The van der Waals surface area contributed by atoms with Gasteiger partial charge in [0.2, 0.25) is 0 Å². The molecule has 0 aliphatic rings. The maximum absolute atomic E-state index is 12.9. The molecule has 0 bridgehead atoms. The van der Waals surface area contributed by atoms with E-state index in [-0.39, 0.29) is 10.5 Å². The van der Waals surface area contributed by atoms with Gasteiger partial charge in [-0.3, -0.25) is 14.2 Å². The Bertz CT molecular complexity index is 1300. The van der Waals surface area contributed by atoms with Gasteiger partial charge < -0.3 is 0 Å². The van der Waals surface area contributed by atoms with E-state index < -0.39 is 10.0 Å². The normalized spacial score (nSPS) is 11.4. The number of H-pyrrole nitrogens is 1. The summed E-state index contributed by atoms with van der Waals surface area (Å²) in [5, 5.41) is 2.90. The Morgan fingerprint density at radius 3 is 2.27 bits per heavy atom. The minimum atomic E-state index is -3.76. The molecular formula is C22H20N4O3S. The van der Waals surface area contributed by atoms with E-state index in [2.05, 4.69) is 10.1 Å². The lowest BCUT2D eigenvalue weighted by atomic mass is 10.1. The van der Waals surface area contributed by atoms with Gasteiger partial charge in [-0.2, -0.15) is 0 Å². The third kappa shape index (κ3) is 3.77. The fraction of sp³-hybridized carbons (Fsp3) is 0.0909. The molecular weight excluding hydrogens is 400 g/mol. The molecule has 2 aromatic carbocycles. The van der Waals surface area contributed by atoms with Crippen molar-refractivity contribution in [1.29, 1.82) is 0 Å². The molecule has 152 valence electrons. The van der Waals surface area contributed by atoms with E-state index in [0.717, 1.165) is 5.56 Å². The molecule has 7 nitrogen and oxygen atoms in total. The summed E-state index contributed by atoms with van der Waals surface area (Å²) in [6.07, 6.45) is 3.40. The van der Waals surface area contributed by atoms with Gasteiger partial charge >= 0.3 is 0 Å². The molecule has 1 N–H and O–H groups in total. The van der Waals surface area contributed by atoms with Crippen molar-refractivity contribution in [3.8, 4) is 5.82 Å². The number of hydrogen-bond acceptors (Lipinski definition) is 4. The minimum absolute atomic E-state index is 0.0433. The summed E-state index contributed by atoms with van der Waals surface area (Å²) in [5.74, 6) is 0.320. The van der Waals surface area contributed by atoms with Crippen LogP contribution in [-0.4, -0.2) is 30.2 Å². The lowest BCUT2D eigenvalue weighted by Crippen LogP contribution is -2.26. The van der Waals surface area contributed by atoms with Crippen molar-refractivity contribution in [1.82, 2.24) is 14.8 Å². The third-order valence-corrected chi connectivity index (χ3v) is 6.58. The smallest absolute Gasteiger partial charge is 0.276 e. The van der Waals surface area contributed by atoms with Crippen molar-refractivity contribution in [2.45, 2.75) is 11.3 Å². The highest BCUT2D eigenvalue weighted by atomic mass is 32.2. The van der Waals surface area contributed by atoms with Gasteiger partial charge in [0.25, 0.3) is 15.6 Å². The van der Waals surface area contributed by atoms with Gasteiger partial charge in [0.05, 0.1) is 5.69 Å². The van der Waals surface area contributed by atoms with Crippen molar-refractivity contribution in [2.75, 3.05) is 11.4 Å². The predicted molar refractivity (Wildman–Crippen MR) is 115 cm³/mol. The Labute approximate surface area is 174 Å². The van der Waals surface area contributed by atoms with E-state index in [1.54, 1.807) is 30.5 Å². The summed E-state index contributed by atoms with van der Waals surface area (Å²) in [7, 11) is -2.27. The van der Waals surface area contributed by atoms with Crippen molar-refractivity contribution in [2.24, 2.45) is 0 Å². The number of nitrogens with zero attached hydrogens (tertiary/aromatic N) is 3. The molecule has 0 spiro atoms. The van der Waals surface area contributed by atoms with Crippen molar-refractivity contribution < 1.29 is 8.42 Å². The number of benzene rings is 2. The zero-order valence-corrected chi connectivity index (χ0v) is 17.1. The monoisotopic (exact) mass is 420 g/mol. The van der Waals surface area contributed by atoms with Gasteiger partial charge in [0.1, 0.15) is 4.90 Å². The van der Waals surface area contributed by atoms with Gasteiger partial charge in [-0.1, -0.05) is 48.5 Å². The lowest BCUT2D eigenvalue weighted by Gasteiger charge is -2.19. The van der Waals surface area contributed by atoms with Crippen molar-refractivity contribution in [3.05, 3.63) is 107 Å². The van der Waals surface area contributed by atoms with Crippen LogP contribution in [0, 0.1) is 0 Å². The van der Waals surface area contributed by atoms with Gasteiger partial charge in [-0.25, -0.2) is 18.1 Å². The molecule has 0 radical (unpaired) electrons. The second-order valence-corrected chi connectivity index (χ2v) is 8.73. The standard InChI is InChI=1S/C22H20N4O3S/c1-25(19-10-6-3-7-11-19)30(28,29)20-12-13-21(23-16-20)26-22(27)18(15-24-26)14-17-8-4-2-5-9-17/h2-13,15-16,24H,14H2,1H3. The number of para-hydroxylation sites is 1. The lowest BCUT2D eigenvalue weighted by molar-refractivity contribution is 0.594. The molecule has 4 rings (SSSR count). The van der Waals surface area contributed by atoms with Crippen LogP contribution >= 0.6 is 0 Å². The average molecular weight is 420 g/mol. The zero-order chi connectivity index (χ0) is 21.1. The van der Waals surface area contributed by atoms with Crippen LogP contribution in [0.4, 0.5) is 5.69 Å². The minimum Gasteiger partial charge on any atom is -0.296 e. The Kier molecular flexibility index (Phi) is 5.24. The highest BCUT2D eigenvalue weighted by Gasteiger charge is 2.22. The first-order valence-electron chi connectivity index (χ1n) is 9.30. The molecule has 30 heavy (non-hydrogen) atoms. The third-order valence-electron chi connectivity index (χ3n) is 4.81. The van der Waals surface area contributed by atoms with Gasteiger partial charge in [-0.15, -0.1) is 0 Å². The van der Waals surface area contributed by atoms with Crippen molar-refractivity contribution >= 4 is 15.7 Å². The molecule has 0 atom stereocenters. The van der Waals surface area contributed by atoms with E-state index >= 15 is 0 Å². The first-order valence-corrected chi connectivity index (χ1v) is 10.7.